The molecule has 104 valence electrons. The van der Waals surface area contributed by atoms with Crippen LogP contribution in [0.25, 0.3) is 11.4 Å². The van der Waals surface area contributed by atoms with E-state index in [-0.39, 0.29) is 5.12 Å². The minimum atomic E-state index is -0.147. The lowest BCUT2D eigenvalue weighted by molar-refractivity contribution is 0.108. The molecule has 0 spiro atoms. The second-order valence-electron chi connectivity index (χ2n) is 3.67. The fraction of sp³-hybridized carbons (Fsp3) is 0.231. The van der Waals surface area contributed by atoms with Crippen LogP contribution in [0.15, 0.2) is 24.4 Å². The summed E-state index contributed by atoms with van der Waals surface area (Å²) >= 11 is 1.09. The van der Waals surface area contributed by atoms with Crippen LogP contribution in [0.2, 0.25) is 0 Å². The van der Waals surface area contributed by atoms with Gasteiger partial charge in [-0.1, -0.05) is 11.8 Å². The fourth-order valence-corrected chi connectivity index (χ4v) is 1.93. The summed E-state index contributed by atoms with van der Waals surface area (Å²) in [6, 6.07) is 5.03. The molecule has 2 aromatic rings. The number of carbonyl (C=O) groups excluding carboxylic acids is 1. The fourth-order valence-electron chi connectivity index (χ4n) is 1.58. The Hall–Kier alpha value is -2.15. The summed E-state index contributed by atoms with van der Waals surface area (Å²) in [5, 5.41) is -0.147. The first-order chi connectivity index (χ1) is 9.69. The van der Waals surface area contributed by atoms with Gasteiger partial charge in [0.05, 0.1) is 20.3 Å². The van der Waals surface area contributed by atoms with Crippen LogP contribution in [0.4, 0.5) is 0 Å². The second kappa shape index (κ2) is 6.33. The zero-order valence-electron chi connectivity index (χ0n) is 11.3. The maximum atomic E-state index is 11.9. The van der Waals surface area contributed by atoms with E-state index in [9.17, 15) is 4.79 Å². The average Bonchev–Trinajstić information content (AvgIpc) is 2.53. The van der Waals surface area contributed by atoms with Gasteiger partial charge in [0.15, 0.2) is 5.82 Å². The molecule has 0 aliphatic carbocycles. The van der Waals surface area contributed by atoms with Crippen LogP contribution in [0.5, 0.6) is 11.8 Å². The van der Waals surface area contributed by atoms with Crippen LogP contribution in [0.1, 0.15) is 10.5 Å². The van der Waals surface area contributed by atoms with Crippen LogP contribution in [-0.4, -0.2) is 40.5 Å². The molecular formula is C13H13N3O3S. The quantitative estimate of drug-likeness (QED) is 0.853. The number of rotatable bonds is 4. The number of aromatic nitrogens is 3. The van der Waals surface area contributed by atoms with Gasteiger partial charge in [0.2, 0.25) is 16.9 Å². The third kappa shape index (κ3) is 2.88. The zero-order valence-corrected chi connectivity index (χ0v) is 12.1. The Morgan fingerprint density at radius 1 is 1.20 bits per heavy atom. The van der Waals surface area contributed by atoms with Crippen molar-refractivity contribution in [2.75, 3.05) is 20.5 Å². The number of pyridine rings is 1. The molecular weight excluding hydrogens is 278 g/mol. The van der Waals surface area contributed by atoms with E-state index in [1.165, 1.54) is 14.2 Å². The van der Waals surface area contributed by atoms with Gasteiger partial charge in [-0.15, -0.1) is 0 Å². The lowest BCUT2D eigenvalue weighted by Gasteiger charge is -2.08. The number of ether oxygens (including phenoxy) is 2. The standard InChI is InChI=1S/C13H13N3O3S/c1-18-9-7-10(19-2)16-12(15-9)8-5-4-6-14-11(8)13(17)20-3/h4-7H,1-3H3. The Bertz CT molecular complexity index is 612. The van der Waals surface area contributed by atoms with E-state index in [1.807, 2.05) is 0 Å². The summed E-state index contributed by atoms with van der Waals surface area (Å²) in [6.07, 6.45) is 3.26. The predicted octanol–water partition coefficient (Wildman–Crippen LogP) is 2.06. The molecule has 2 rings (SSSR count). The van der Waals surface area contributed by atoms with Gasteiger partial charge >= 0.3 is 0 Å². The Labute approximate surface area is 120 Å². The van der Waals surface area contributed by atoms with E-state index >= 15 is 0 Å². The predicted molar refractivity (Wildman–Crippen MR) is 76.2 cm³/mol. The van der Waals surface area contributed by atoms with Crippen LogP contribution in [0.3, 0.4) is 0 Å². The minimum absolute atomic E-state index is 0.147. The summed E-state index contributed by atoms with van der Waals surface area (Å²) in [6.45, 7) is 0. The van der Waals surface area contributed by atoms with E-state index in [0.29, 0.717) is 28.8 Å². The van der Waals surface area contributed by atoms with Crippen LogP contribution in [0, 0.1) is 0 Å². The largest absolute Gasteiger partial charge is 0.481 e. The number of hydrogen-bond acceptors (Lipinski definition) is 7. The molecule has 2 heterocycles. The number of hydrogen-bond donors (Lipinski definition) is 0. The topological polar surface area (TPSA) is 74.2 Å². The van der Waals surface area contributed by atoms with Crippen molar-refractivity contribution >= 4 is 16.9 Å². The first kappa shape index (κ1) is 14.3. The first-order valence-corrected chi connectivity index (χ1v) is 6.92. The van der Waals surface area contributed by atoms with Crippen molar-refractivity contribution in [3.8, 4) is 23.1 Å². The van der Waals surface area contributed by atoms with Gasteiger partial charge in [-0.05, 0) is 18.4 Å². The highest BCUT2D eigenvalue weighted by molar-refractivity contribution is 8.13. The van der Waals surface area contributed by atoms with Crippen molar-refractivity contribution in [3.63, 3.8) is 0 Å². The van der Waals surface area contributed by atoms with Crippen molar-refractivity contribution in [3.05, 3.63) is 30.1 Å². The number of nitrogens with zero attached hydrogens (tertiary/aromatic N) is 3. The Morgan fingerprint density at radius 3 is 2.40 bits per heavy atom. The average molecular weight is 291 g/mol. The maximum Gasteiger partial charge on any atom is 0.238 e. The molecule has 0 saturated heterocycles. The molecule has 0 unspecified atom stereocenters. The van der Waals surface area contributed by atoms with Crippen molar-refractivity contribution in [2.45, 2.75) is 0 Å². The Balaban J connectivity index is 2.59. The summed E-state index contributed by atoms with van der Waals surface area (Å²) in [7, 11) is 3.01. The number of methoxy groups -OCH3 is 2. The van der Waals surface area contributed by atoms with Gasteiger partial charge in [0, 0.05) is 11.8 Å². The van der Waals surface area contributed by atoms with Gasteiger partial charge in [-0.25, -0.2) is 0 Å². The first-order valence-electron chi connectivity index (χ1n) is 5.70. The molecule has 0 amide bonds. The van der Waals surface area contributed by atoms with E-state index < -0.39 is 0 Å². The van der Waals surface area contributed by atoms with Crippen LogP contribution >= 0.6 is 11.8 Å². The third-order valence-electron chi connectivity index (χ3n) is 2.52. The van der Waals surface area contributed by atoms with E-state index in [4.69, 9.17) is 9.47 Å². The molecule has 0 aromatic carbocycles. The molecule has 0 atom stereocenters. The van der Waals surface area contributed by atoms with Gasteiger partial charge in [0.1, 0.15) is 5.69 Å². The maximum absolute atomic E-state index is 11.9. The summed E-state index contributed by atoms with van der Waals surface area (Å²) in [4.78, 5) is 24.5. The molecule has 0 aliphatic rings. The molecule has 0 radical (unpaired) electrons. The summed E-state index contributed by atoms with van der Waals surface area (Å²) < 4.78 is 10.2. The van der Waals surface area contributed by atoms with Crippen molar-refractivity contribution in [2.24, 2.45) is 0 Å². The molecule has 0 fully saturated rings. The molecule has 7 heteroatoms. The molecule has 6 nitrogen and oxygen atoms in total. The van der Waals surface area contributed by atoms with E-state index in [2.05, 4.69) is 15.0 Å². The second-order valence-corrected chi connectivity index (χ2v) is 4.45. The van der Waals surface area contributed by atoms with Gasteiger partial charge in [0.25, 0.3) is 0 Å². The summed E-state index contributed by atoms with van der Waals surface area (Å²) in [5.74, 6) is 1.06. The van der Waals surface area contributed by atoms with E-state index in [1.54, 1.807) is 30.7 Å². The van der Waals surface area contributed by atoms with Crippen molar-refractivity contribution < 1.29 is 14.3 Å². The number of carbonyl (C=O) groups is 1. The normalized spacial score (nSPS) is 10.2. The lowest BCUT2D eigenvalue weighted by atomic mass is 10.2. The molecule has 20 heavy (non-hydrogen) atoms. The van der Waals surface area contributed by atoms with Gasteiger partial charge in [-0.3, -0.25) is 9.78 Å². The monoisotopic (exact) mass is 291 g/mol. The minimum Gasteiger partial charge on any atom is -0.481 e. The molecule has 2 aromatic heterocycles. The Morgan fingerprint density at radius 2 is 1.85 bits per heavy atom. The van der Waals surface area contributed by atoms with Gasteiger partial charge in [-0.2, -0.15) is 9.97 Å². The van der Waals surface area contributed by atoms with E-state index in [0.717, 1.165) is 11.8 Å². The third-order valence-corrected chi connectivity index (χ3v) is 3.09. The van der Waals surface area contributed by atoms with Gasteiger partial charge < -0.3 is 9.47 Å². The molecule has 0 saturated carbocycles. The molecule has 0 N–H and O–H groups in total. The zero-order chi connectivity index (χ0) is 14.5. The highest BCUT2D eigenvalue weighted by Crippen LogP contribution is 2.25. The van der Waals surface area contributed by atoms with Crippen LogP contribution in [-0.2, 0) is 0 Å². The smallest absolute Gasteiger partial charge is 0.238 e. The SMILES string of the molecule is COc1cc(OC)nc(-c2cccnc2C(=O)SC)n1. The number of thioether (sulfide) groups is 1. The van der Waals surface area contributed by atoms with Crippen LogP contribution < -0.4 is 9.47 Å². The highest BCUT2D eigenvalue weighted by atomic mass is 32.2. The lowest BCUT2D eigenvalue weighted by Crippen LogP contribution is -2.03. The molecule has 0 bridgehead atoms. The van der Waals surface area contributed by atoms with Crippen molar-refractivity contribution in [1.82, 2.24) is 15.0 Å². The molecule has 0 aliphatic heterocycles. The summed E-state index contributed by atoms with van der Waals surface area (Å²) in [5.41, 5.74) is 0.861. The Kier molecular flexibility index (Phi) is 4.52. The van der Waals surface area contributed by atoms with Crippen molar-refractivity contribution in [1.29, 1.82) is 0 Å². The highest BCUT2D eigenvalue weighted by Gasteiger charge is 2.17.